The minimum absolute atomic E-state index is 0.177. The lowest BCUT2D eigenvalue weighted by molar-refractivity contribution is 0.0952. The molecule has 1 heterocycles. The van der Waals surface area contributed by atoms with Crippen molar-refractivity contribution in [3.05, 3.63) is 5.01 Å². The second-order valence-corrected chi connectivity index (χ2v) is 5.60. The zero-order valence-electron chi connectivity index (χ0n) is 9.94. The van der Waals surface area contributed by atoms with Crippen LogP contribution in [0.25, 0.3) is 0 Å². The highest BCUT2D eigenvalue weighted by Gasteiger charge is 2.10. The topological polar surface area (TPSA) is 80.9 Å². The zero-order chi connectivity index (χ0) is 12.5. The second kappa shape index (κ2) is 8.30. The van der Waals surface area contributed by atoms with Crippen LogP contribution in [0.5, 0.6) is 0 Å². The molecule has 3 N–H and O–H groups in total. The average Bonchev–Trinajstić information content (AvgIpc) is 2.74. The summed E-state index contributed by atoms with van der Waals surface area (Å²) in [6.45, 7) is 0.692. The normalized spacial score (nSPS) is 10.4. The Morgan fingerprint density at radius 1 is 1.35 bits per heavy atom. The Morgan fingerprint density at radius 2 is 2.12 bits per heavy atom. The van der Waals surface area contributed by atoms with Gasteiger partial charge in [-0.3, -0.25) is 4.79 Å². The van der Waals surface area contributed by atoms with Crippen molar-refractivity contribution < 1.29 is 4.79 Å². The summed E-state index contributed by atoms with van der Waals surface area (Å²) in [6.07, 6.45) is 6.76. The number of nitrogens with one attached hydrogen (secondary N) is 1. The number of hydrogen-bond donors (Lipinski definition) is 2. The first kappa shape index (κ1) is 14.2. The predicted molar refractivity (Wildman–Crippen MR) is 73.5 cm³/mol. The first-order chi connectivity index (χ1) is 8.24. The number of nitrogens with two attached hydrogens (primary N) is 1. The number of anilines is 1. The van der Waals surface area contributed by atoms with Gasteiger partial charge < -0.3 is 11.1 Å². The number of nitrogen functional groups attached to an aromatic ring is 1. The molecule has 0 unspecified atom stereocenters. The van der Waals surface area contributed by atoms with Gasteiger partial charge in [-0.05, 0) is 24.9 Å². The second-order valence-electron chi connectivity index (χ2n) is 3.61. The molecular formula is C10H18N4OS2. The number of carbonyl (C=O) groups excluding carboxylic acids is 1. The van der Waals surface area contributed by atoms with Crippen LogP contribution in [0.2, 0.25) is 0 Å². The fourth-order valence-corrected chi connectivity index (χ4v) is 2.35. The number of carbonyl (C=O) groups is 1. The smallest absolute Gasteiger partial charge is 0.282 e. The molecule has 1 aromatic rings. The fourth-order valence-electron chi connectivity index (χ4n) is 1.33. The van der Waals surface area contributed by atoms with Gasteiger partial charge in [0.15, 0.2) is 0 Å². The molecule has 5 nitrogen and oxygen atoms in total. The molecule has 0 bridgehead atoms. The molecule has 0 aliphatic rings. The molecule has 0 saturated heterocycles. The molecule has 0 aliphatic carbocycles. The summed E-state index contributed by atoms with van der Waals surface area (Å²) < 4.78 is 0. The summed E-state index contributed by atoms with van der Waals surface area (Å²) in [5.74, 6) is 1.04. The maximum atomic E-state index is 11.5. The first-order valence-electron chi connectivity index (χ1n) is 5.60. The Morgan fingerprint density at radius 3 is 2.76 bits per heavy atom. The molecule has 17 heavy (non-hydrogen) atoms. The van der Waals surface area contributed by atoms with Gasteiger partial charge in [0.05, 0.1) is 0 Å². The highest BCUT2D eigenvalue weighted by molar-refractivity contribution is 7.98. The largest absolute Gasteiger partial charge is 0.374 e. The molecule has 0 aliphatic heterocycles. The summed E-state index contributed by atoms with van der Waals surface area (Å²) in [4.78, 5) is 11.5. The maximum absolute atomic E-state index is 11.5. The molecule has 1 aromatic heterocycles. The van der Waals surface area contributed by atoms with Crippen LogP contribution in [0.15, 0.2) is 0 Å². The number of thioether (sulfide) groups is 1. The molecule has 0 aromatic carbocycles. The van der Waals surface area contributed by atoms with Crippen molar-refractivity contribution in [1.82, 2.24) is 15.5 Å². The van der Waals surface area contributed by atoms with E-state index in [1.807, 2.05) is 11.8 Å². The van der Waals surface area contributed by atoms with Gasteiger partial charge in [-0.15, -0.1) is 10.2 Å². The van der Waals surface area contributed by atoms with Gasteiger partial charge >= 0.3 is 0 Å². The van der Waals surface area contributed by atoms with Crippen LogP contribution < -0.4 is 11.1 Å². The molecule has 0 fully saturated rings. The van der Waals surface area contributed by atoms with E-state index >= 15 is 0 Å². The summed E-state index contributed by atoms with van der Waals surface area (Å²) >= 11 is 2.99. The molecule has 0 saturated carbocycles. The standard InChI is InChI=1S/C10H18N4OS2/c1-16-7-5-3-2-4-6-12-8(15)9-13-14-10(11)17-9/h2-7H2,1H3,(H2,11,14)(H,12,15). The molecule has 96 valence electrons. The first-order valence-corrected chi connectivity index (χ1v) is 7.81. The van der Waals surface area contributed by atoms with E-state index in [-0.39, 0.29) is 5.91 Å². The SMILES string of the molecule is CSCCCCCCNC(=O)c1nnc(N)s1. The van der Waals surface area contributed by atoms with Crippen LogP contribution >= 0.6 is 23.1 Å². The fraction of sp³-hybridized carbons (Fsp3) is 0.700. The van der Waals surface area contributed by atoms with Gasteiger partial charge in [-0.25, -0.2) is 0 Å². The Hall–Kier alpha value is -0.820. The van der Waals surface area contributed by atoms with Gasteiger partial charge in [-0.2, -0.15) is 11.8 Å². The van der Waals surface area contributed by atoms with Gasteiger partial charge in [0.25, 0.3) is 5.91 Å². The number of aromatic nitrogens is 2. The van der Waals surface area contributed by atoms with E-state index in [1.165, 1.54) is 18.6 Å². The van der Waals surface area contributed by atoms with Crippen LogP contribution in [0.4, 0.5) is 5.13 Å². The highest BCUT2D eigenvalue weighted by atomic mass is 32.2. The van der Waals surface area contributed by atoms with Crippen molar-refractivity contribution in [3.8, 4) is 0 Å². The molecule has 0 radical (unpaired) electrons. The maximum Gasteiger partial charge on any atom is 0.282 e. The Labute approximate surface area is 110 Å². The van der Waals surface area contributed by atoms with Crippen LogP contribution in [0.3, 0.4) is 0 Å². The van der Waals surface area contributed by atoms with Crippen molar-refractivity contribution in [2.45, 2.75) is 25.7 Å². The highest BCUT2D eigenvalue weighted by Crippen LogP contribution is 2.10. The van der Waals surface area contributed by atoms with Gasteiger partial charge in [0, 0.05) is 6.54 Å². The van der Waals surface area contributed by atoms with Crippen molar-refractivity contribution in [2.24, 2.45) is 0 Å². The number of amides is 1. The lowest BCUT2D eigenvalue weighted by atomic mass is 10.2. The van der Waals surface area contributed by atoms with E-state index < -0.39 is 0 Å². The Balaban J connectivity index is 2.05. The molecule has 1 rings (SSSR count). The van der Waals surface area contributed by atoms with E-state index in [1.54, 1.807) is 0 Å². The number of unbranched alkanes of at least 4 members (excludes halogenated alkanes) is 3. The molecule has 1 amide bonds. The van der Waals surface area contributed by atoms with E-state index in [2.05, 4.69) is 21.8 Å². The third kappa shape index (κ3) is 5.88. The lowest BCUT2D eigenvalue weighted by Gasteiger charge is -2.02. The Bertz CT molecular complexity index is 343. The van der Waals surface area contributed by atoms with Gasteiger partial charge in [0.1, 0.15) is 0 Å². The van der Waals surface area contributed by atoms with Crippen molar-refractivity contribution >= 4 is 34.1 Å². The van der Waals surface area contributed by atoms with Crippen LogP contribution in [0, 0.1) is 0 Å². The molecule has 0 spiro atoms. The van der Waals surface area contributed by atoms with Gasteiger partial charge in [-0.1, -0.05) is 24.2 Å². The minimum atomic E-state index is -0.177. The molecular weight excluding hydrogens is 256 g/mol. The number of rotatable bonds is 8. The van der Waals surface area contributed by atoms with Crippen molar-refractivity contribution in [3.63, 3.8) is 0 Å². The predicted octanol–water partition coefficient (Wildman–Crippen LogP) is 1.77. The quantitative estimate of drug-likeness (QED) is 0.706. The number of nitrogens with zero attached hydrogens (tertiary/aromatic N) is 2. The van der Waals surface area contributed by atoms with Crippen LogP contribution in [-0.4, -0.2) is 34.7 Å². The summed E-state index contributed by atoms with van der Waals surface area (Å²) in [5, 5.41) is 10.8. The van der Waals surface area contributed by atoms with E-state index in [4.69, 9.17) is 5.73 Å². The van der Waals surface area contributed by atoms with Crippen LogP contribution in [0.1, 0.15) is 35.5 Å². The summed E-state index contributed by atoms with van der Waals surface area (Å²) in [6, 6.07) is 0. The third-order valence-electron chi connectivity index (χ3n) is 2.20. The average molecular weight is 274 g/mol. The van der Waals surface area contributed by atoms with Crippen molar-refractivity contribution in [1.29, 1.82) is 0 Å². The lowest BCUT2D eigenvalue weighted by Crippen LogP contribution is -2.24. The molecule has 7 heteroatoms. The van der Waals surface area contributed by atoms with E-state index in [0.717, 1.165) is 24.2 Å². The minimum Gasteiger partial charge on any atom is -0.374 e. The van der Waals surface area contributed by atoms with E-state index in [0.29, 0.717) is 16.7 Å². The summed E-state index contributed by atoms with van der Waals surface area (Å²) in [7, 11) is 0. The Kier molecular flexibility index (Phi) is 6.95. The van der Waals surface area contributed by atoms with E-state index in [9.17, 15) is 4.79 Å². The number of hydrogen-bond acceptors (Lipinski definition) is 6. The molecule has 0 atom stereocenters. The van der Waals surface area contributed by atoms with Crippen LogP contribution in [-0.2, 0) is 0 Å². The summed E-state index contributed by atoms with van der Waals surface area (Å²) in [5.41, 5.74) is 5.40. The van der Waals surface area contributed by atoms with Crippen molar-refractivity contribution in [2.75, 3.05) is 24.3 Å². The third-order valence-corrected chi connectivity index (χ3v) is 3.64. The monoisotopic (exact) mass is 274 g/mol. The zero-order valence-corrected chi connectivity index (χ0v) is 11.6. The van der Waals surface area contributed by atoms with Gasteiger partial charge in [0.2, 0.25) is 10.1 Å².